The zero-order chi connectivity index (χ0) is 11.6. The molecule has 16 heavy (non-hydrogen) atoms. The number of nitrogens with two attached hydrogens (primary N) is 1. The highest BCUT2D eigenvalue weighted by Crippen LogP contribution is 2.37. The van der Waals surface area contributed by atoms with Crippen LogP contribution in [0.1, 0.15) is 57.7 Å². The summed E-state index contributed by atoms with van der Waals surface area (Å²) in [5.41, 5.74) is 6.09. The molecule has 90 valence electrons. The van der Waals surface area contributed by atoms with Crippen LogP contribution in [0.15, 0.2) is 4.52 Å². The van der Waals surface area contributed by atoms with E-state index in [1.165, 1.54) is 12.8 Å². The van der Waals surface area contributed by atoms with Crippen LogP contribution in [-0.4, -0.2) is 16.2 Å². The molecule has 0 saturated heterocycles. The number of aromatic nitrogens is 2. The molecule has 2 N–H and O–H groups in total. The third kappa shape index (κ3) is 1.98. The largest absolute Gasteiger partial charge is 0.339 e. The second kappa shape index (κ2) is 4.53. The summed E-state index contributed by atoms with van der Waals surface area (Å²) in [7, 11) is 0. The second-order valence-electron chi connectivity index (χ2n) is 5.04. The summed E-state index contributed by atoms with van der Waals surface area (Å²) in [6, 6.07) is 0.149. The van der Waals surface area contributed by atoms with Crippen LogP contribution in [0.5, 0.6) is 0 Å². The van der Waals surface area contributed by atoms with Crippen LogP contribution in [0.3, 0.4) is 0 Å². The fourth-order valence-corrected chi connectivity index (χ4v) is 2.44. The quantitative estimate of drug-likeness (QED) is 0.853. The van der Waals surface area contributed by atoms with Crippen molar-refractivity contribution in [2.75, 3.05) is 0 Å². The van der Waals surface area contributed by atoms with Gasteiger partial charge in [0.05, 0.1) is 5.41 Å². The number of hydrogen-bond donors (Lipinski definition) is 1. The highest BCUT2D eigenvalue weighted by molar-refractivity contribution is 5.10. The average molecular weight is 223 g/mol. The van der Waals surface area contributed by atoms with E-state index in [-0.39, 0.29) is 11.5 Å². The van der Waals surface area contributed by atoms with Gasteiger partial charge in [0.15, 0.2) is 5.82 Å². The van der Waals surface area contributed by atoms with Gasteiger partial charge in [-0.05, 0) is 26.2 Å². The van der Waals surface area contributed by atoms with Crippen LogP contribution in [0, 0.1) is 0 Å². The molecule has 0 amide bonds. The van der Waals surface area contributed by atoms with Gasteiger partial charge in [0.1, 0.15) is 0 Å². The average Bonchev–Trinajstić information content (AvgIpc) is 2.72. The van der Waals surface area contributed by atoms with Crippen molar-refractivity contribution in [1.82, 2.24) is 10.1 Å². The Bertz CT molecular complexity index is 350. The lowest BCUT2D eigenvalue weighted by atomic mass is 9.72. The molecule has 2 rings (SSSR count). The smallest absolute Gasteiger partial charge is 0.234 e. The third-order valence-electron chi connectivity index (χ3n) is 3.71. The summed E-state index contributed by atoms with van der Waals surface area (Å²) < 4.78 is 5.39. The summed E-state index contributed by atoms with van der Waals surface area (Å²) in [5, 5.41) is 4.02. The molecule has 1 aliphatic rings. The molecule has 1 saturated carbocycles. The van der Waals surface area contributed by atoms with E-state index in [2.05, 4.69) is 24.0 Å². The van der Waals surface area contributed by atoms with Crippen molar-refractivity contribution in [3.05, 3.63) is 11.7 Å². The van der Waals surface area contributed by atoms with Crippen molar-refractivity contribution in [2.45, 2.75) is 63.8 Å². The lowest BCUT2D eigenvalue weighted by Crippen LogP contribution is -2.45. The van der Waals surface area contributed by atoms with Gasteiger partial charge in [0.25, 0.3) is 0 Å². The fraction of sp³-hybridized carbons (Fsp3) is 0.833. The molecule has 0 bridgehead atoms. The Balaban J connectivity index is 2.20. The Hall–Kier alpha value is -0.900. The van der Waals surface area contributed by atoms with Crippen molar-refractivity contribution in [3.63, 3.8) is 0 Å². The molecule has 0 aliphatic heterocycles. The highest BCUT2D eigenvalue weighted by Gasteiger charge is 2.40. The maximum atomic E-state index is 6.20. The number of aryl methyl sites for hydroxylation is 1. The molecule has 1 fully saturated rings. The molecule has 4 heteroatoms. The van der Waals surface area contributed by atoms with E-state index in [0.29, 0.717) is 0 Å². The van der Waals surface area contributed by atoms with Gasteiger partial charge in [-0.2, -0.15) is 4.98 Å². The van der Waals surface area contributed by atoms with Crippen molar-refractivity contribution in [1.29, 1.82) is 0 Å². The van der Waals surface area contributed by atoms with Gasteiger partial charge in [0.2, 0.25) is 5.89 Å². The lowest BCUT2D eigenvalue weighted by Gasteiger charge is -2.35. The van der Waals surface area contributed by atoms with Crippen molar-refractivity contribution < 1.29 is 4.52 Å². The van der Waals surface area contributed by atoms with Crippen LogP contribution >= 0.6 is 0 Å². The van der Waals surface area contributed by atoms with Crippen LogP contribution < -0.4 is 5.73 Å². The molecule has 2 unspecified atom stereocenters. The molecule has 2 atom stereocenters. The summed E-state index contributed by atoms with van der Waals surface area (Å²) in [6.07, 6.45) is 6.46. The zero-order valence-electron chi connectivity index (χ0n) is 10.2. The third-order valence-corrected chi connectivity index (χ3v) is 3.71. The lowest BCUT2D eigenvalue weighted by molar-refractivity contribution is 0.203. The maximum absolute atomic E-state index is 6.20. The summed E-state index contributed by atoms with van der Waals surface area (Å²) in [5.74, 6) is 1.56. The molecule has 4 nitrogen and oxygen atoms in total. The monoisotopic (exact) mass is 223 g/mol. The van der Waals surface area contributed by atoms with Gasteiger partial charge >= 0.3 is 0 Å². The molecule has 0 aromatic carbocycles. The Kier molecular flexibility index (Phi) is 3.28. The van der Waals surface area contributed by atoms with Crippen LogP contribution in [-0.2, 0) is 11.8 Å². The van der Waals surface area contributed by atoms with E-state index >= 15 is 0 Å². The predicted molar refractivity (Wildman–Crippen MR) is 62.1 cm³/mol. The van der Waals surface area contributed by atoms with Gasteiger partial charge in [-0.25, -0.2) is 0 Å². The van der Waals surface area contributed by atoms with E-state index in [0.717, 1.165) is 37.4 Å². The molecule has 1 aromatic heterocycles. The molecule has 1 aromatic rings. The minimum Gasteiger partial charge on any atom is -0.339 e. The number of hydrogen-bond acceptors (Lipinski definition) is 4. The van der Waals surface area contributed by atoms with Crippen LogP contribution in [0.25, 0.3) is 0 Å². The van der Waals surface area contributed by atoms with E-state index in [1.54, 1.807) is 0 Å². The first-order valence-electron chi connectivity index (χ1n) is 6.25. The molecule has 0 spiro atoms. The molecule has 1 heterocycles. The van der Waals surface area contributed by atoms with Crippen LogP contribution in [0.2, 0.25) is 0 Å². The Morgan fingerprint density at radius 3 is 3.00 bits per heavy atom. The SMILES string of the molecule is CCCc1noc(C2(C)CCCCC2N)n1. The predicted octanol–water partition coefficient (Wildman–Crippen LogP) is 2.18. The van der Waals surface area contributed by atoms with Crippen molar-refractivity contribution in [3.8, 4) is 0 Å². The summed E-state index contributed by atoms with van der Waals surface area (Å²) >= 11 is 0. The number of rotatable bonds is 3. The Morgan fingerprint density at radius 1 is 1.50 bits per heavy atom. The summed E-state index contributed by atoms with van der Waals surface area (Å²) in [4.78, 5) is 4.49. The van der Waals surface area contributed by atoms with Gasteiger partial charge in [-0.15, -0.1) is 0 Å². The van der Waals surface area contributed by atoms with Gasteiger partial charge in [-0.1, -0.05) is 24.9 Å². The molecular weight excluding hydrogens is 202 g/mol. The van der Waals surface area contributed by atoms with Crippen molar-refractivity contribution in [2.24, 2.45) is 5.73 Å². The topological polar surface area (TPSA) is 64.9 Å². The molecule has 1 aliphatic carbocycles. The minimum atomic E-state index is -0.114. The molecule has 0 radical (unpaired) electrons. The van der Waals surface area contributed by atoms with Gasteiger partial charge in [0, 0.05) is 12.5 Å². The van der Waals surface area contributed by atoms with E-state index < -0.39 is 0 Å². The van der Waals surface area contributed by atoms with Crippen LogP contribution in [0.4, 0.5) is 0 Å². The normalized spacial score (nSPS) is 30.6. The standard InChI is InChI=1S/C12H21N3O/c1-3-6-10-14-11(16-15-10)12(2)8-5-4-7-9(12)13/h9H,3-8,13H2,1-2H3. The highest BCUT2D eigenvalue weighted by atomic mass is 16.5. The van der Waals surface area contributed by atoms with E-state index in [9.17, 15) is 0 Å². The fourth-order valence-electron chi connectivity index (χ4n) is 2.44. The van der Waals surface area contributed by atoms with Crippen molar-refractivity contribution >= 4 is 0 Å². The van der Waals surface area contributed by atoms with E-state index in [4.69, 9.17) is 10.3 Å². The Labute approximate surface area is 96.6 Å². The minimum absolute atomic E-state index is 0.114. The van der Waals surface area contributed by atoms with E-state index in [1.807, 2.05) is 0 Å². The maximum Gasteiger partial charge on any atom is 0.234 e. The first kappa shape index (κ1) is 11.6. The zero-order valence-corrected chi connectivity index (χ0v) is 10.2. The Morgan fingerprint density at radius 2 is 2.31 bits per heavy atom. The van der Waals surface area contributed by atoms with Gasteiger partial charge in [-0.3, -0.25) is 0 Å². The second-order valence-corrected chi connectivity index (χ2v) is 5.04. The van der Waals surface area contributed by atoms with Gasteiger partial charge < -0.3 is 10.3 Å². The first-order valence-corrected chi connectivity index (χ1v) is 6.25. The molecular formula is C12H21N3O. The summed E-state index contributed by atoms with van der Waals surface area (Å²) in [6.45, 7) is 4.27. The first-order chi connectivity index (χ1) is 7.66. The number of nitrogens with zero attached hydrogens (tertiary/aromatic N) is 2.